The molecule has 2 N–H and O–H groups in total. The van der Waals surface area contributed by atoms with Crippen molar-refractivity contribution in [1.29, 1.82) is 0 Å². The SMILES string of the molecule is CC(C)C(CCN)CCCN1CCCCC1. The second-order valence-corrected chi connectivity index (χ2v) is 5.63. The lowest BCUT2D eigenvalue weighted by Gasteiger charge is -2.27. The number of piperidine rings is 1. The van der Waals surface area contributed by atoms with Gasteiger partial charge in [-0.05, 0) is 70.1 Å². The zero-order valence-electron chi connectivity index (χ0n) is 11.3. The van der Waals surface area contributed by atoms with E-state index in [9.17, 15) is 0 Å². The monoisotopic (exact) mass is 226 g/mol. The highest BCUT2D eigenvalue weighted by Gasteiger charge is 2.14. The van der Waals surface area contributed by atoms with Crippen LogP contribution < -0.4 is 5.73 Å². The summed E-state index contributed by atoms with van der Waals surface area (Å²) in [4.78, 5) is 2.64. The van der Waals surface area contributed by atoms with Gasteiger partial charge in [-0.25, -0.2) is 0 Å². The normalized spacial score (nSPS) is 20.2. The fraction of sp³-hybridized carbons (Fsp3) is 1.00. The lowest BCUT2D eigenvalue weighted by molar-refractivity contribution is 0.213. The lowest BCUT2D eigenvalue weighted by atomic mass is 9.88. The number of hydrogen-bond donors (Lipinski definition) is 1. The molecule has 0 aromatic heterocycles. The second kappa shape index (κ2) is 8.08. The van der Waals surface area contributed by atoms with E-state index in [-0.39, 0.29) is 0 Å². The summed E-state index contributed by atoms with van der Waals surface area (Å²) in [5.41, 5.74) is 5.67. The second-order valence-electron chi connectivity index (χ2n) is 5.63. The Morgan fingerprint density at radius 2 is 1.75 bits per heavy atom. The van der Waals surface area contributed by atoms with Crippen LogP contribution in [-0.4, -0.2) is 31.1 Å². The standard InChI is InChI=1S/C14H30N2/c1-13(2)14(8-9-15)7-6-12-16-10-4-3-5-11-16/h13-14H,3-12,15H2,1-2H3. The molecule has 0 aromatic rings. The van der Waals surface area contributed by atoms with Crippen LogP contribution in [0.25, 0.3) is 0 Å². The fourth-order valence-electron chi connectivity index (χ4n) is 2.79. The summed E-state index contributed by atoms with van der Waals surface area (Å²) in [6.45, 7) is 9.51. The molecule has 1 aliphatic rings. The van der Waals surface area contributed by atoms with Crippen molar-refractivity contribution in [3.05, 3.63) is 0 Å². The molecular weight excluding hydrogens is 196 g/mol. The minimum Gasteiger partial charge on any atom is -0.330 e. The van der Waals surface area contributed by atoms with E-state index in [0.29, 0.717) is 0 Å². The van der Waals surface area contributed by atoms with Crippen molar-refractivity contribution in [2.24, 2.45) is 17.6 Å². The molecule has 1 fully saturated rings. The first-order valence-electron chi connectivity index (χ1n) is 7.16. The van der Waals surface area contributed by atoms with Gasteiger partial charge in [-0.3, -0.25) is 0 Å². The molecule has 1 saturated heterocycles. The van der Waals surface area contributed by atoms with Crippen molar-refractivity contribution < 1.29 is 0 Å². The van der Waals surface area contributed by atoms with Crippen LogP contribution in [-0.2, 0) is 0 Å². The average molecular weight is 226 g/mol. The van der Waals surface area contributed by atoms with E-state index in [0.717, 1.165) is 18.4 Å². The van der Waals surface area contributed by atoms with Crippen molar-refractivity contribution in [3.8, 4) is 0 Å². The molecular formula is C14H30N2. The maximum atomic E-state index is 5.67. The minimum atomic E-state index is 0.796. The molecule has 2 heteroatoms. The van der Waals surface area contributed by atoms with E-state index in [1.165, 1.54) is 58.2 Å². The van der Waals surface area contributed by atoms with E-state index in [4.69, 9.17) is 5.73 Å². The Balaban J connectivity index is 2.11. The predicted octanol–water partition coefficient (Wildman–Crippen LogP) is 2.87. The molecule has 0 amide bonds. The summed E-state index contributed by atoms with van der Waals surface area (Å²) in [5.74, 6) is 1.64. The van der Waals surface area contributed by atoms with Crippen LogP contribution in [0.1, 0.15) is 52.4 Å². The van der Waals surface area contributed by atoms with Crippen LogP contribution in [0.3, 0.4) is 0 Å². The number of rotatable bonds is 7. The Kier molecular flexibility index (Phi) is 7.06. The molecule has 1 atom stereocenters. The third kappa shape index (κ3) is 5.31. The van der Waals surface area contributed by atoms with Gasteiger partial charge in [0.15, 0.2) is 0 Å². The Hall–Kier alpha value is -0.0800. The molecule has 0 radical (unpaired) electrons. The molecule has 0 saturated carbocycles. The molecule has 1 aliphatic heterocycles. The third-order valence-electron chi connectivity index (χ3n) is 3.98. The quantitative estimate of drug-likeness (QED) is 0.723. The first-order chi connectivity index (χ1) is 7.74. The summed E-state index contributed by atoms with van der Waals surface area (Å²) in [5, 5.41) is 0. The zero-order valence-corrected chi connectivity index (χ0v) is 11.3. The maximum absolute atomic E-state index is 5.67. The van der Waals surface area contributed by atoms with E-state index in [1.807, 2.05) is 0 Å². The van der Waals surface area contributed by atoms with E-state index >= 15 is 0 Å². The lowest BCUT2D eigenvalue weighted by Crippen LogP contribution is -2.31. The van der Waals surface area contributed by atoms with Gasteiger partial charge in [0.1, 0.15) is 0 Å². The van der Waals surface area contributed by atoms with Gasteiger partial charge in [0.25, 0.3) is 0 Å². The van der Waals surface area contributed by atoms with Gasteiger partial charge >= 0.3 is 0 Å². The van der Waals surface area contributed by atoms with Crippen molar-refractivity contribution in [3.63, 3.8) is 0 Å². The Labute approximate surface area is 102 Å². The molecule has 1 rings (SSSR count). The van der Waals surface area contributed by atoms with Gasteiger partial charge in [0, 0.05) is 0 Å². The summed E-state index contributed by atoms with van der Waals surface area (Å²) in [7, 11) is 0. The highest BCUT2D eigenvalue weighted by molar-refractivity contribution is 4.68. The van der Waals surface area contributed by atoms with Crippen LogP contribution in [0.5, 0.6) is 0 Å². The van der Waals surface area contributed by atoms with Gasteiger partial charge in [-0.15, -0.1) is 0 Å². The zero-order chi connectivity index (χ0) is 11.8. The highest BCUT2D eigenvalue weighted by Crippen LogP contribution is 2.21. The maximum Gasteiger partial charge on any atom is -0.00186 e. The fourth-order valence-corrected chi connectivity index (χ4v) is 2.79. The predicted molar refractivity (Wildman–Crippen MR) is 71.5 cm³/mol. The molecule has 1 heterocycles. The molecule has 0 spiro atoms. The van der Waals surface area contributed by atoms with Crippen molar-refractivity contribution in [2.45, 2.75) is 52.4 Å². The van der Waals surface area contributed by atoms with E-state index in [1.54, 1.807) is 0 Å². The van der Waals surface area contributed by atoms with Crippen molar-refractivity contribution >= 4 is 0 Å². The van der Waals surface area contributed by atoms with Crippen molar-refractivity contribution in [1.82, 2.24) is 4.90 Å². The van der Waals surface area contributed by atoms with Crippen LogP contribution in [0.4, 0.5) is 0 Å². The molecule has 0 bridgehead atoms. The van der Waals surface area contributed by atoms with E-state index in [2.05, 4.69) is 18.7 Å². The van der Waals surface area contributed by atoms with E-state index < -0.39 is 0 Å². The van der Waals surface area contributed by atoms with Gasteiger partial charge in [0.2, 0.25) is 0 Å². The first kappa shape index (κ1) is 14.0. The summed E-state index contributed by atoms with van der Waals surface area (Å²) < 4.78 is 0. The van der Waals surface area contributed by atoms with Crippen LogP contribution in [0, 0.1) is 11.8 Å². The highest BCUT2D eigenvalue weighted by atomic mass is 15.1. The topological polar surface area (TPSA) is 29.3 Å². The van der Waals surface area contributed by atoms with Gasteiger partial charge in [-0.1, -0.05) is 20.3 Å². The number of nitrogens with zero attached hydrogens (tertiary/aromatic N) is 1. The molecule has 96 valence electrons. The molecule has 2 nitrogen and oxygen atoms in total. The molecule has 0 aliphatic carbocycles. The Bertz CT molecular complexity index is 162. The number of hydrogen-bond acceptors (Lipinski definition) is 2. The number of nitrogens with two attached hydrogens (primary N) is 1. The van der Waals surface area contributed by atoms with Crippen molar-refractivity contribution in [2.75, 3.05) is 26.2 Å². The first-order valence-corrected chi connectivity index (χ1v) is 7.16. The summed E-state index contributed by atoms with van der Waals surface area (Å²) >= 11 is 0. The van der Waals surface area contributed by atoms with Gasteiger partial charge in [-0.2, -0.15) is 0 Å². The molecule has 1 unspecified atom stereocenters. The van der Waals surface area contributed by atoms with Crippen LogP contribution >= 0.6 is 0 Å². The largest absolute Gasteiger partial charge is 0.330 e. The Morgan fingerprint density at radius 3 is 2.31 bits per heavy atom. The van der Waals surface area contributed by atoms with Gasteiger partial charge in [0.05, 0.1) is 0 Å². The molecule has 16 heavy (non-hydrogen) atoms. The average Bonchev–Trinajstić information content (AvgIpc) is 2.29. The number of likely N-dealkylation sites (tertiary alicyclic amines) is 1. The van der Waals surface area contributed by atoms with Crippen LogP contribution in [0.15, 0.2) is 0 Å². The van der Waals surface area contributed by atoms with Crippen LogP contribution in [0.2, 0.25) is 0 Å². The van der Waals surface area contributed by atoms with Gasteiger partial charge < -0.3 is 10.6 Å². The molecule has 0 aromatic carbocycles. The summed E-state index contributed by atoms with van der Waals surface area (Å²) in [6.07, 6.45) is 8.21. The Morgan fingerprint density at radius 1 is 1.06 bits per heavy atom. The smallest absolute Gasteiger partial charge is 0.00186 e. The summed E-state index contributed by atoms with van der Waals surface area (Å²) in [6, 6.07) is 0. The third-order valence-corrected chi connectivity index (χ3v) is 3.98. The minimum absolute atomic E-state index is 0.796.